The molecule has 10 rings (SSSR count). The Kier molecular flexibility index (Phi) is 13.2. The van der Waals surface area contributed by atoms with Gasteiger partial charge in [0.2, 0.25) is 0 Å². The second kappa shape index (κ2) is 20.7. The van der Waals surface area contributed by atoms with E-state index in [9.17, 15) is 0 Å². The Morgan fingerprint density at radius 2 is 0.652 bits per heavy atom. The first-order valence-corrected chi connectivity index (χ1v) is 23.6. The molecule has 69 heavy (non-hydrogen) atoms. The number of allylic oxidation sites excluding steroid dienone is 4. The van der Waals surface area contributed by atoms with Gasteiger partial charge in [0.1, 0.15) is 0 Å². The third kappa shape index (κ3) is 9.79. The summed E-state index contributed by atoms with van der Waals surface area (Å²) < 4.78 is 0. The zero-order valence-corrected chi connectivity index (χ0v) is 38.7. The Balaban J connectivity index is 1.03. The minimum absolute atomic E-state index is 0.949. The molecule has 0 heterocycles. The molecule has 0 unspecified atom stereocenters. The summed E-state index contributed by atoms with van der Waals surface area (Å²) in [5, 5.41) is 0. The lowest BCUT2D eigenvalue weighted by atomic mass is 9.96. The van der Waals surface area contributed by atoms with Crippen LogP contribution in [0.15, 0.2) is 297 Å². The average molecular weight is 885 g/mol. The van der Waals surface area contributed by atoms with Crippen molar-refractivity contribution < 1.29 is 0 Å². The molecule has 0 saturated heterocycles. The summed E-state index contributed by atoms with van der Waals surface area (Å²) in [6.45, 7) is 6.53. The van der Waals surface area contributed by atoms with E-state index in [-0.39, 0.29) is 0 Å². The highest BCUT2D eigenvalue weighted by molar-refractivity contribution is 5.91. The molecule has 0 aromatic heterocycles. The predicted octanol–water partition coefficient (Wildman–Crippen LogP) is 18.8. The number of nitrogens with zero attached hydrogens (tertiary/aromatic N) is 2. The largest absolute Gasteiger partial charge is 0.310 e. The van der Waals surface area contributed by atoms with E-state index in [1.165, 1.54) is 33.4 Å². The fraction of sp³-hybridized carbons (Fsp3) is 0.0149. The molecule has 0 fully saturated rings. The molecular weight excluding hydrogens is 833 g/mol. The van der Waals surface area contributed by atoms with Gasteiger partial charge in [-0.15, -0.1) is 0 Å². The monoisotopic (exact) mass is 884 g/mol. The molecule has 0 aliphatic rings. The van der Waals surface area contributed by atoms with Crippen LogP contribution in [0.4, 0.5) is 28.4 Å². The molecule has 330 valence electrons. The van der Waals surface area contributed by atoms with E-state index in [0.29, 0.717) is 0 Å². The van der Waals surface area contributed by atoms with Crippen molar-refractivity contribution in [3.8, 4) is 55.6 Å². The van der Waals surface area contributed by atoms with Crippen molar-refractivity contribution in [3.05, 3.63) is 303 Å². The van der Waals surface area contributed by atoms with Gasteiger partial charge in [-0.25, -0.2) is 0 Å². The first-order chi connectivity index (χ1) is 34.1. The van der Waals surface area contributed by atoms with Crippen molar-refractivity contribution in [2.45, 2.75) is 6.92 Å². The molecule has 0 amide bonds. The van der Waals surface area contributed by atoms with Crippen molar-refractivity contribution in [1.29, 1.82) is 0 Å². The second-order valence-electron chi connectivity index (χ2n) is 17.0. The van der Waals surface area contributed by atoms with E-state index < -0.39 is 0 Å². The van der Waals surface area contributed by atoms with E-state index in [1.54, 1.807) is 0 Å². The zero-order chi connectivity index (χ0) is 46.8. The summed E-state index contributed by atoms with van der Waals surface area (Å²) in [4.78, 5) is 4.73. The van der Waals surface area contributed by atoms with Crippen LogP contribution in [0.25, 0.3) is 61.2 Å². The molecule has 0 aliphatic heterocycles. The second-order valence-corrected chi connectivity index (χ2v) is 17.0. The average Bonchev–Trinajstić information content (AvgIpc) is 3.44. The number of benzene rings is 10. The Hall–Kier alpha value is -8.98. The highest BCUT2D eigenvalue weighted by Crippen LogP contribution is 2.44. The van der Waals surface area contributed by atoms with Crippen molar-refractivity contribution in [1.82, 2.24) is 0 Å². The number of para-hydroxylation sites is 2. The van der Waals surface area contributed by atoms with Gasteiger partial charge in [0.05, 0.1) is 11.4 Å². The van der Waals surface area contributed by atoms with E-state index >= 15 is 0 Å². The van der Waals surface area contributed by atoms with Gasteiger partial charge in [0.15, 0.2) is 0 Å². The molecule has 0 radical (unpaired) electrons. The van der Waals surface area contributed by atoms with Crippen LogP contribution in [0.3, 0.4) is 0 Å². The standard InChI is InChI=1S/C67H52N2/c1-3-60(43-32-50(2)51-20-8-4-9-21-51)68(61-44-37-55(38-45-61)52-22-10-5-11-23-52)66-30-18-16-28-64(66)58-33-35-59(36-34-58)65-29-17-19-31-67(65)69(62-46-39-56(40-47-62)53-24-12-6-13-25-53)63-48-41-57(42-49-63)54-26-14-7-15-27-54/h3-49H,2H2,1H3/b43-32-,60-3+. The first kappa shape index (κ1) is 43.9. The zero-order valence-electron chi connectivity index (χ0n) is 38.7. The fourth-order valence-corrected chi connectivity index (χ4v) is 9.04. The molecule has 0 N–H and O–H groups in total. The minimum Gasteiger partial charge on any atom is -0.310 e. The number of hydrogen-bond donors (Lipinski definition) is 0. The van der Waals surface area contributed by atoms with Crippen LogP contribution in [0.2, 0.25) is 0 Å². The number of anilines is 5. The van der Waals surface area contributed by atoms with Gasteiger partial charge in [0, 0.05) is 33.9 Å². The maximum atomic E-state index is 4.42. The maximum Gasteiger partial charge on any atom is 0.0540 e. The van der Waals surface area contributed by atoms with Crippen LogP contribution >= 0.6 is 0 Å². The maximum absolute atomic E-state index is 4.42. The molecule has 10 aromatic carbocycles. The lowest BCUT2D eigenvalue weighted by molar-refractivity contribution is 1.20. The Bertz CT molecular complexity index is 3250. The summed E-state index contributed by atoms with van der Waals surface area (Å²) >= 11 is 0. The predicted molar refractivity (Wildman–Crippen MR) is 295 cm³/mol. The number of rotatable bonds is 14. The van der Waals surface area contributed by atoms with Gasteiger partial charge < -0.3 is 9.80 Å². The van der Waals surface area contributed by atoms with Gasteiger partial charge in [-0.3, -0.25) is 0 Å². The molecule has 0 bridgehead atoms. The molecule has 10 aromatic rings. The van der Waals surface area contributed by atoms with Crippen molar-refractivity contribution >= 4 is 34.0 Å². The van der Waals surface area contributed by atoms with Gasteiger partial charge in [-0.2, -0.15) is 0 Å². The van der Waals surface area contributed by atoms with E-state index in [2.05, 4.69) is 302 Å². The van der Waals surface area contributed by atoms with Gasteiger partial charge >= 0.3 is 0 Å². The molecule has 0 saturated carbocycles. The summed E-state index contributed by atoms with van der Waals surface area (Å²) in [6, 6.07) is 95.2. The topological polar surface area (TPSA) is 6.48 Å². The van der Waals surface area contributed by atoms with E-state index in [0.717, 1.165) is 67.5 Å². The minimum atomic E-state index is 0.949. The van der Waals surface area contributed by atoms with Crippen LogP contribution in [-0.2, 0) is 0 Å². The lowest BCUT2D eigenvalue weighted by Crippen LogP contribution is -2.16. The fourth-order valence-electron chi connectivity index (χ4n) is 9.04. The Morgan fingerprint density at radius 3 is 1.09 bits per heavy atom. The molecule has 2 heteroatoms. The normalized spacial score (nSPS) is 11.3. The first-order valence-electron chi connectivity index (χ1n) is 23.6. The van der Waals surface area contributed by atoms with E-state index in [1.807, 2.05) is 6.07 Å². The third-order valence-corrected chi connectivity index (χ3v) is 12.6. The third-order valence-electron chi connectivity index (χ3n) is 12.6. The highest BCUT2D eigenvalue weighted by atomic mass is 15.2. The summed E-state index contributed by atoms with van der Waals surface area (Å²) in [5.74, 6) is 0. The smallest absolute Gasteiger partial charge is 0.0540 e. The van der Waals surface area contributed by atoms with Crippen LogP contribution in [0, 0.1) is 0 Å². The van der Waals surface area contributed by atoms with Gasteiger partial charge in [-0.1, -0.05) is 237 Å². The van der Waals surface area contributed by atoms with Crippen molar-refractivity contribution in [3.63, 3.8) is 0 Å². The quantitative estimate of drug-likeness (QED) is 0.100. The van der Waals surface area contributed by atoms with Crippen LogP contribution in [0.5, 0.6) is 0 Å². The molecule has 0 aliphatic carbocycles. The SMILES string of the molecule is C=C(/C=C\C(=C/C)N(c1ccc(-c2ccccc2)cc1)c1ccccc1-c1ccc(-c2ccccc2N(c2ccc(-c3ccccc3)cc2)c2ccc(-c3ccccc3)cc2)cc1)c1ccccc1. The number of hydrogen-bond acceptors (Lipinski definition) is 2. The van der Waals surface area contributed by atoms with Gasteiger partial charge in [0.25, 0.3) is 0 Å². The summed E-state index contributed by atoms with van der Waals surface area (Å²) in [6.07, 6.45) is 6.46. The highest BCUT2D eigenvalue weighted by Gasteiger charge is 2.20. The summed E-state index contributed by atoms with van der Waals surface area (Å²) in [7, 11) is 0. The summed E-state index contributed by atoms with van der Waals surface area (Å²) in [5.41, 5.74) is 20.1. The lowest BCUT2D eigenvalue weighted by Gasteiger charge is -2.29. The molecule has 2 nitrogen and oxygen atoms in total. The van der Waals surface area contributed by atoms with Crippen LogP contribution < -0.4 is 9.80 Å². The Morgan fingerprint density at radius 1 is 0.319 bits per heavy atom. The molecular formula is C67H52N2. The molecule has 0 spiro atoms. The van der Waals surface area contributed by atoms with E-state index in [4.69, 9.17) is 0 Å². The van der Waals surface area contributed by atoms with Crippen LogP contribution in [-0.4, -0.2) is 0 Å². The van der Waals surface area contributed by atoms with Gasteiger partial charge in [-0.05, 0) is 117 Å². The Labute approximate surface area is 407 Å². The molecule has 0 atom stereocenters. The van der Waals surface area contributed by atoms with Crippen molar-refractivity contribution in [2.75, 3.05) is 9.80 Å². The van der Waals surface area contributed by atoms with Crippen LogP contribution in [0.1, 0.15) is 12.5 Å². The van der Waals surface area contributed by atoms with Crippen molar-refractivity contribution in [2.24, 2.45) is 0 Å².